The third kappa shape index (κ3) is 2.71. The van der Waals surface area contributed by atoms with Crippen molar-refractivity contribution in [3.63, 3.8) is 0 Å². The molecule has 5 nitrogen and oxygen atoms in total. The first-order valence-corrected chi connectivity index (χ1v) is 6.86. The van der Waals surface area contributed by atoms with E-state index in [0.717, 1.165) is 37.4 Å². The zero-order valence-corrected chi connectivity index (χ0v) is 11.6. The summed E-state index contributed by atoms with van der Waals surface area (Å²) in [6, 6.07) is 6.08. The standard InChI is InChI=1S/C15H18N4O/c1-20-15-14(17-7-8-18-15)19-9-5-12(11-19)10-13-4-2-3-6-16-13/h2-4,6-8,12H,5,9-11H2,1H3. The number of anilines is 1. The minimum absolute atomic E-state index is 0.603. The van der Waals surface area contributed by atoms with Crippen molar-refractivity contribution in [3.8, 4) is 5.88 Å². The normalized spacial score (nSPS) is 18.2. The molecule has 1 fully saturated rings. The van der Waals surface area contributed by atoms with Gasteiger partial charge in [-0.1, -0.05) is 6.07 Å². The van der Waals surface area contributed by atoms with Gasteiger partial charge < -0.3 is 9.64 Å². The molecule has 0 amide bonds. The van der Waals surface area contributed by atoms with E-state index < -0.39 is 0 Å². The molecule has 0 N–H and O–H groups in total. The lowest BCUT2D eigenvalue weighted by molar-refractivity contribution is 0.395. The predicted molar refractivity (Wildman–Crippen MR) is 76.8 cm³/mol. The Hall–Kier alpha value is -2.17. The van der Waals surface area contributed by atoms with Crippen molar-refractivity contribution in [2.45, 2.75) is 12.8 Å². The lowest BCUT2D eigenvalue weighted by atomic mass is 10.0. The Labute approximate surface area is 118 Å². The van der Waals surface area contributed by atoms with Crippen LogP contribution in [-0.2, 0) is 6.42 Å². The second-order valence-electron chi connectivity index (χ2n) is 5.02. The Balaban J connectivity index is 1.67. The van der Waals surface area contributed by atoms with Crippen molar-refractivity contribution in [1.29, 1.82) is 0 Å². The van der Waals surface area contributed by atoms with E-state index in [1.807, 2.05) is 18.3 Å². The number of aromatic nitrogens is 3. The zero-order chi connectivity index (χ0) is 13.8. The van der Waals surface area contributed by atoms with Crippen LogP contribution < -0.4 is 9.64 Å². The predicted octanol–water partition coefficient (Wildman–Crippen LogP) is 1.95. The van der Waals surface area contributed by atoms with Crippen LogP contribution in [0.1, 0.15) is 12.1 Å². The molecule has 20 heavy (non-hydrogen) atoms. The van der Waals surface area contributed by atoms with Gasteiger partial charge in [0.25, 0.3) is 5.88 Å². The SMILES string of the molecule is COc1nccnc1N1CCC(Cc2ccccn2)C1. The molecule has 0 spiro atoms. The van der Waals surface area contributed by atoms with Crippen LogP contribution in [0.4, 0.5) is 5.82 Å². The molecular formula is C15H18N4O. The molecule has 1 atom stereocenters. The number of rotatable bonds is 4. The van der Waals surface area contributed by atoms with Crippen LogP contribution in [0.15, 0.2) is 36.8 Å². The third-order valence-corrected chi connectivity index (χ3v) is 3.65. The average molecular weight is 270 g/mol. The summed E-state index contributed by atoms with van der Waals surface area (Å²) < 4.78 is 5.28. The molecule has 1 saturated heterocycles. The molecule has 3 heterocycles. The smallest absolute Gasteiger partial charge is 0.257 e. The van der Waals surface area contributed by atoms with Crippen molar-refractivity contribution in [3.05, 3.63) is 42.5 Å². The molecule has 3 rings (SSSR count). The highest BCUT2D eigenvalue weighted by atomic mass is 16.5. The minimum atomic E-state index is 0.603. The summed E-state index contributed by atoms with van der Waals surface area (Å²) in [5.74, 6) is 2.06. The maximum atomic E-state index is 5.28. The molecule has 0 radical (unpaired) electrons. The maximum absolute atomic E-state index is 5.28. The van der Waals surface area contributed by atoms with E-state index in [1.54, 1.807) is 19.5 Å². The fourth-order valence-corrected chi connectivity index (χ4v) is 2.69. The number of nitrogens with zero attached hydrogens (tertiary/aromatic N) is 4. The van der Waals surface area contributed by atoms with Crippen molar-refractivity contribution in [2.24, 2.45) is 5.92 Å². The highest BCUT2D eigenvalue weighted by Crippen LogP contribution is 2.29. The van der Waals surface area contributed by atoms with E-state index in [1.165, 1.54) is 0 Å². The molecular weight excluding hydrogens is 252 g/mol. The summed E-state index contributed by atoms with van der Waals surface area (Å²) in [6.07, 6.45) is 7.39. The van der Waals surface area contributed by atoms with Crippen LogP contribution in [0.3, 0.4) is 0 Å². The fraction of sp³-hybridized carbons (Fsp3) is 0.400. The third-order valence-electron chi connectivity index (χ3n) is 3.65. The fourth-order valence-electron chi connectivity index (χ4n) is 2.69. The first-order chi connectivity index (χ1) is 9.86. The monoisotopic (exact) mass is 270 g/mol. The van der Waals surface area contributed by atoms with Crippen molar-refractivity contribution in [1.82, 2.24) is 15.0 Å². The van der Waals surface area contributed by atoms with Gasteiger partial charge in [-0.05, 0) is 30.9 Å². The number of methoxy groups -OCH3 is 1. The molecule has 0 aromatic carbocycles. The molecule has 2 aromatic heterocycles. The van der Waals surface area contributed by atoms with Crippen LogP contribution in [-0.4, -0.2) is 35.2 Å². The second kappa shape index (κ2) is 5.86. The van der Waals surface area contributed by atoms with Gasteiger partial charge in [-0.2, -0.15) is 0 Å². The number of hydrogen-bond acceptors (Lipinski definition) is 5. The van der Waals surface area contributed by atoms with Gasteiger partial charge in [-0.3, -0.25) is 4.98 Å². The van der Waals surface area contributed by atoms with Gasteiger partial charge >= 0.3 is 0 Å². The van der Waals surface area contributed by atoms with Crippen LogP contribution in [0, 0.1) is 5.92 Å². The van der Waals surface area contributed by atoms with E-state index in [2.05, 4.69) is 25.9 Å². The highest BCUT2D eigenvalue weighted by molar-refractivity contribution is 5.48. The molecule has 0 bridgehead atoms. The summed E-state index contributed by atoms with van der Waals surface area (Å²) in [4.78, 5) is 15.3. The highest BCUT2D eigenvalue weighted by Gasteiger charge is 2.26. The van der Waals surface area contributed by atoms with Gasteiger partial charge in [0.05, 0.1) is 7.11 Å². The number of ether oxygens (including phenoxy) is 1. The maximum Gasteiger partial charge on any atom is 0.257 e. The first kappa shape index (κ1) is 12.8. The summed E-state index contributed by atoms with van der Waals surface area (Å²) in [7, 11) is 1.63. The van der Waals surface area contributed by atoms with Gasteiger partial charge in [-0.25, -0.2) is 9.97 Å². The summed E-state index contributed by atoms with van der Waals surface area (Å²) >= 11 is 0. The van der Waals surface area contributed by atoms with Crippen LogP contribution in [0.5, 0.6) is 5.88 Å². The van der Waals surface area contributed by atoms with Gasteiger partial charge in [0.1, 0.15) is 0 Å². The Morgan fingerprint density at radius 2 is 2.10 bits per heavy atom. The molecule has 104 valence electrons. The average Bonchev–Trinajstić information content (AvgIpc) is 2.96. The van der Waals surface area contributed by atoms with Crippen LogP contribution in [0.2, 0.25) is 0 Å². The Kier molecular flexibility index (Phi) is 3.76. The van der Waals surface area contributed by atoms with E-state index in [4.69, 9.17) is 4.74 Å². The molecule has 1 aliphatic heterocycles. The Morgan fingerprint density at radius 3 is 2.90 bits per heavy atom. The molecule has 5 heteroatoms. The van der Waals surface area contributed by atoms with E-state index >= 15 is 0 Å². The molecule has 0 aliphatic carbocycles. The number of hydrogen-bond donors (Lipinski definition) is 0. The largest absolute Gasteiger partial charge is 0.478 e. The van der Waals surface area contributed by atoms with Crippen molar-refractivity contribution in [2.75, 3.05) is 25.1 Å². The topological polar surface area (TPSA) is 51.1 Å². The zero-order valence-electron chi connectivity index (χ0n) is 11.6. The molecule has 1 aliphatic rings. The minimum Gasteiger partial charge on any atom is -0.478 e. The Morgan fingerprint density at radius 1 is 1.20 bits per heavy atom. The van der Waals surface area contributed by atoms with Crippen molar-refractivity contribution < 1.29 is 4.74 Å². The lowest BCUT2D eigenvalue weighted by Gasteiger charge is -2.18. The Bertz CT molecular complexity index is 561. The lowest BCUT2D eigenvalue weighted by Crippen LogP contribution is -2.22. The summed E-state index contributed by atoms with van der Waals surface area (Å²) in [5.41, 5.74) is 1.16. The van der Waals surface area contributed by atoms with Gasteiger partial charge in [0.2, 0.25) is 0 Å². The second-order valence-corrected chi connectivity index (χ2v) is 5.02. The van der Waals surface area contributed by atoms with Gasteiger partial charge in [-0.15, -0.1) is 0 Å². The van der Waals surface area contributed by atoms with E-state index in [-0.39, 0.29) is 0 Å². The van der Waals surface area contributed by atoms with E-state index in [0.29, 0.717) is 11.8 Å². The molecule has 2 aromatic rings. The molecule has 1 unspecified atom stereocenters. The first-order valence-electron chi connectivity index (χ1n) is 6.86. The van der Waals surface area contributed by atoms with E-state index in [9.17, 15) is 0 Å². The summed E-state index contributed by atoms with van der Waals surface area (Å²) in [6.45, 7) is 1.97. The molecule has 0 saturated carbocycles. The van der Waals surface area contributed by atoms with Crippen LogP contribution >= 0.6 is 0 Å². The summed E-state index contributed by atoms with van der Waals surface area (Å²) in [5, 5.41) is 0. The quantitative estimate of drug-likeness (QED) is 0.850. The van der Waals surface area contributed by atoms with Gasteiger partial charge in [0.15, 0.2) is 5.82 Å². The number of pyridine rings is 1. The van der Waals surface area contributed by atoms with Crippen molar-refractivity contribution >= 4 is 5.82 Å². The van der Waals surface area contributed by atoms with Crippen LogP contribution in [0.25, 0.3) is 0 Å². The van der Waals surface area contributed by atoms with Gasteiger partial charge in [0, 0.05) is 37.4 Å².